The number of unbranched alkanes of at least 4 members (excludes halogenated alkanes) is 4. The molecule has 0 aromatic heterocycles. The zero-order valence-corrected chi connectivity index (χ0v) is 12.6. The van der Waals surface area contributed by atoms with Gasteiger partial charge in [0, 0.05) is 9.50 Å². The molecule has 0 saturated carbocycles. The van der Waals surface area contributed by atoms with Gasteiger partial charge in [0.1, 0.15) is 0 Å². The van der Waals surface area contributed by atoms with Crippen molar-refractivity contribution in [3.05, 3.63) is 33.3 Å². The van der Waals surface area contributed by atoms with Crippen LogP contribution in [0.25, 0.3) is 0 Å². The molecule has 0 radical (unpaired) electrons. The predicted octanol–water partition coefficient (Wildman–Crippen LogP) is 5.50. The van der Waals surface area contributed by atoms with Crippen LogP contribution >= 0.6 is 27.5 Å². The number of halogens is 2. The summed E-state index contributed by atoms with van der Waals surface area (Å²) in [5.74, 6) is 0. The summed E-state index contributed by atoms with van der Waals surface area (Å²) in [4.78, 5) is 0. The third-order valence-corrected chi connectivity index (χ3v) is 3.86. The van der Waals surface area contributed by atoms with Crippen molar-refractivity contribution in [1.82, 2.24) is 0 Å². The molecule has 1 nitrogen and oxygen atoms in total. The van der Waals surface area contributed by atoms with E-state index in [1.54, 1.807) is 0 Å². The Balaban J connectivity index is 2.41. The summed E-state index contributed by atoms with van der Waals surface area (Å²) in [6.45, 7) is 2.21. The molecule has 3 heteroatoms. The predicted molar refractivity (Wildman–Crippen MR) is 77.5 cm³/mol. The van der Waals surface area contributed by atoms with Crippen LogP contribution < -0.4 is 0 Å². The molecule has 0 bridgehead atoms. The van der Waals surface area contributed by atoms with Crippen LogP contribution in [0.5, 0.6) is 0 Å². The summed E-state index contributed by atoms with van der Waals surface area (Å²) < 4.78 is 0.933. The maximum absolute atomic E-state index is 10.1. The van der Waals surface area contributed by atoms with Crippen LogP contribution in [-0.4, -0.2) is 5.11 Å². The highest BCUT2D eigenvalue weighted by Gasteiger charge is 2.11. The van der Waals surface area contributed by atoms with Gasteiger partial charge in [0.05, 0.1) is 6.10 Å². The van der Waals surface area contributed by atoms with E-state index in [1.807, 2.05) is 18.2 Å². The quantitative estimate of drug-likeness (QED) is 0.658. The molecule has 0 aliphatic carbocycles. The lowest BCUT2D eigenvalue weighted by Gasteiger charge is -2.13. The zero-order valence-electron chi connectivity index (χ0n) is 10.3. The average molecular weight is 320 g/mol. The Morgan fingerprint density at radius 3 is 2.65 bits per heavy atom. The molecule has 0 spiro atoms. The van der Waals surface area contributed by atoms with Crippen LogP contribution in [0.2, 0.25) is 5.02 Å². The van der Waals surface area contributed by atoms with Gasteiger partial charge in [-0.05, 0) is 30.2 Å². The first-order valence-corrected chi connectivity index (χ1v) is 7.45. The van der Waals surface area contributed by atoms with Crippen molar-refractivity contribution in [2.45, 2.75) is 51.6 Å². The van der Waals surface area contributed by atoms with Gasteiger partial charge in [0.25, 0.3) is 0 Å². The Bertz CT molecular complexity index is 341. The van der Waals surface area contributed by atoms with Crippen molar-refractivity contribution in [3.8, 4) is 0 Å². The van der Waals surface area contributed by atoms with Gasteiger partial charge in [-0.3, -0.25) is 0 Å². The van der Waals surface area contributed by atoms with Gasteiger partial charge in [-0.2, -0.15) is 0 Å². The molecule has 0 amide bonds. The first-order valence-electron chi connectivity index (χ1n) is 6.28. The summed E-state index contributed by atoms with van der Waals surface area (Å²) in [5, 5.41) is 10.8. The Labute approximate surface area is 117 Å². The smallest absolute Gasteiger partial charge is 0.0801 e. The van der Waals surface area contributed by atoms with E-state index in [4.69, 9.17) is 11.6 Å². The molecule has 1 aromatic rings. The molecule has 1 atom stereocenters. The number of hydrogen-bond donors (Lipinski definition) is 1. The Kier molecular flexibility index (Phi) is 7.17. The zero-order chi connectivity index (χ0) is 12.7. The fourth-order valence-corrected chi connectivity index (χ4v) is 2.56. The summed E-state index contributed by atoms with van der Waals surface area (Å²) in [6, 6.07) is 5.55. The topological polar surface area (TPSA) is 20.2 Å². The Hall–Kier alpha value is -0.0500. The van der Waals surface area contributed by atoms with Gasteiger partial charge in [0.2, 0.25) is 0 Å². The molecule has 0 aliphatic heterocycles. The summed E-state index contributed by atoms with van der Waals surface area (Å²) in [7, 11) is 0. The average Bonchev–Trinajstić information content (AvgIpc) is 2.32. The van der Waals surface area contributed by atoms with Gasteiger partial charge >= 0.3 is 0 Å². The fourth-order valence-electron chi connectivity index (χ4n) is 1.87. The van der Waals surface area contributed by atoms with Crippen molar-refractivity contribution in [2.75, 3.05) is 0 Å². The standard InChI is InChI=1S/C14H20BrClO/c1-2-3-4-5-6-7-14(17)12-10-11(16)8-9-13(12)15/h8-10,14,17H,2-7H2,1H3. The van der Waals surface area contributed by atoms with Gasteiger partial charge in [-0.1, -0.05) is 66.6 Å². The van der Waals surface area contributed by atoms with Gasteiger partial charge in [0.15, 0.2) is 0 Å². The maximum Gasteiger partial charge on any atom is 0.0801 e. The number of hydrogen-bond acceptors (Lipinski definition) is 1. The van der Waals surface area contributed by atoms with Crippen molar-refractivity contribution in [3.63, 3.8) is 0 Å². The molecule has 17 heavy (non-hydrogen) atoms. The molecular formula is C14H20BrClO. The van der Waals surface area contributed by atoms with E-state index in [9.17, 15) is 5.11 Å². The van der Waals surface area contributed by atoms with Crippen molar-refractivity contribution >= 4 is 27.5 Å². The largest absolute Gasteiger partial charge is 0.388 e. The highest BCUT2D eigenvalue weighted by Crippen LogP contribution is 2.29. The molecule has 1 aromatic carbocycles. The molecule has 1 rings (SSSR count). The third kappa shape index (κ3) is 5.41. The van der Waals surface area contributed by atoms with Crippen LogP contribution in [-0.2, 0) is 0 Å². The normalized spacial score (nSPS) is 12.7. The highest BCUT2D eigenvalue weighted by molar-refractivity contribution is 9.10. The minimum atomic E-state index is -0.412. The van der Waals surface area contributed by atoms with E-state index in [1.165, 1.54) is 25.7 Å². The van der Waals surface area contributed by atoms with Gasteiger partial charge in [-0.15, -0.1) is 0 Å². The van der Waals surface area contributed by atoms with E-state index in [0.29, 0.717) is 5.02 Å². The van der Waals surface area contributed by atoms with E-state index < -0.39 is 6.10 Å². The molecule has 1 unspecified atom stereocenters. The second-order valence-electron chi connectivity index (χ2n) is 4.38. The molecule has 0 saturated heterocycles. The molecule has 0 aliphatic rings. The Morgan fingerprint density at radius 1 is 1.24 bits per heavy atom. The number of aliphatic hydroxyl groups excluding tert-OH is 1. The van der Waals surface area contributed by atoms with Crippen molar-refractivity contribution < 1.29 is 5.11 Å². The third-order valence-electron chi connectivity index (χ3n) is 2.90. The van der Waals surface area contributed by atoms with Crippen molar-refractivity contribution in [1.29, 1.82) is 0 Å². The fraction of sp³-hybridized carbons (Fsp3) is 0.571. The second-order valence-corrected chi connectivity index (χ2v) is 5.68. The SMILES string of the molecule is CCCCCCCC(O)c1cc(Cl)ccc1Br. The number of rotatable bonds is 7. The first-order chi connectivity index (χ1) is 8.15. The lowest BCUT2D eigenvalue weighted by atomic mass is 10.0. The highest BCUT2D eigenvalue weighted by atomic mass is 79.9. The van der Waals surface area contributed by atoms with Crippen LogP contribution in [0.3, 0.4) is 0 Å². The first kappa shape index (κ1) is 15.0. The van der Waals surface area contributed by atoms with Crippen LogP contribution in [0.4, 0.5) is 0 Å². The molecular weight excluding hydrogens is 300 g/mol. The van der Waals surface area contributed by atoms with Crippen molar-refractivity contribution in [2.24, 2.45) is 0 Å². The summed E-state index contributed by atoms with van der Waals surface area (Å²) >= 11 is 9.38. The van der Waals surface area contributed by atoms with E-state index in [0.717, 1.165) is 22.9 Å². The molecule has 1 N–H and O–H groups in total. The molecule has 0 fully saturated rings. The number of benzene rings is 1. The minimum absolute atomic E-state index is 0.412. The minimum Gasteiger partial charge on any atom is -0.388 e. The number of aliphatic hydroxyl groups is 1. The van der Waals surface area contributed by atoms with Crippen LogP contribution in [0, 0.1) is 0 Å². The van der Waals surface area contributed by atoms with Crippen LogP contribution in [0.1, 0.15) is 57.1 Å². The van der Waals surface area contributed by atoms with Crippen LogP contribution in [0.15, 0.2) is 22.7 Å². The summed E-state index contributed by atoms with van der Waals surface area (Å²) in [6.07, 6.45) is 6.47. The Morgan fingerprint density at radius 2 is 1.94 bits per heavy atom. The second kappa shape index (κ2) is 8.12. The summed E-state index contributed by atoms with van der Waals surface area (Å²) in [5.41, 5.74) is 0.896. The van der Waals surface area contributed by atoms with E-state index in [-0.39, 0.29) is 0 Å². The monoisotopic (exact) mass is 318 g/mol. The molecule has 0 heterocycles. The van der Waals surface area contributed by atoms with E-state index in [2.05, 4.69) is 22.9 Å². The van der Waals surface area contributed by atoms with E-state index >= 15 is 0 Å². The lowest BCUT2D eigenvalue weighted by Crippen LogP contribution is -1.98. The lowest BCUT2D eigenvalue weighted by molar-refractivity contribution is 0.162. The molecule has 96 valence electrons. The van der Waals surface area contributed by atoms with Gasteiger partial charge < -0.3 is 5.11 Å². The maximum atomic E-state index is 10.1. The van der Waals surface area contributed by atoms with Gasteiger partial charge in [-0.25, -0.2) is 0 Å².